The number of pyridine rings is 1. The van der Waals surface area contributed by atoms with E-state index in [9.17, 15) is 4.79 Å². The Morgan fingerprint density at radius 3 is 2.35 bits per heavy atom. The number of nitrogens with zero attached hydrogens (tertiary/aromatic N) is 6. The van der Waals surface area contributed by atoms with E-state index in [0.29, 0.717) is 11.4 Å². The normalized spacial score (nSPS) is 15.8. The predicted octanol–water partition coefficient (Wildman–Crippen LogP) is 3.81. The molecule has 0 amide bonds. The zero-order valence-electron chi connectivity index (χ0n) is 22.4. The van der Waals surface area contributed by atoms with Crippen LogP contribution < -0.4 is 15.2 Å². The van der Waals surface area contributed by atoms with Crippen LogP contribution in [0.15, 0.2) is 47.3 Å². The Hall–Kier alpha value is -3.72. The van der Waals surface area contributed by atoms with Gasteiger partial charge in [0.1, 0.15) is 11.8 Å². The highest BCUT2D eigenvalue weighted by molar-refractivity contribution is 5.83. The van der Waals surface area contributed by atoms with Crippen LogP contribution >= 0.6 is 0 Å². The Balaban J connectivity index is 1.55. The first-order valence-corrected chi connectivity index (χ1v) is 12.7. The number of rotatable bonds is 5. The summed E-state index contributed by atoms with van der Waals surface area (Å²) < 4.78 is 7.16. The van der Waals surface area contributed by atoms with E-state index in [1.807, 2.05) is 35.9 Å². The minimum absolute atomic E-state index is 0.108. The minimum Gasteiger partial charge on any atom is -0.497 e. The van der Waals surface area contributed by atoms with Gasteiger partial charge in [0, 0.05) is 48.3 Å². The Morgan fingerprint density at radius 1 is 1.00 bits per heavy atom. The van der Waals surface area contributed by atoms with Crippen LogP contribution in [0.3, 0.4) is 0 Å². The lowest BCUT2D eigenvalue weighted by Crippen LogP contribution is -2.49. The van der Waals surface area contributed by atoms with Gasteiger partial charge in [0.2, 0.25) is 0 Å². The fraction of sp³-hybridized carbons (Fsp3) is 0.429. The van der Waals surface area contributed by atoms with Gasteiger partial charge in [0.25, 0.3) is 5.56 Å². The third-order valence-corrected chi connectivity index (χ3v) is 7.13. The number of hydrogen-bond donors (Lipinski definition) is 1. The van der Waals surface area contributed by atoms with E-state index < -0.39 is 0 Å². The average molecular weight is 502 g/mol. The van der Waals surface area contributed by atoms with Gasteiger partial charge in [-0.05, 0) is 92.6 Å². The molecule has 9 heteroatoms. The molecule has 5 rings (SSSR count). The molecule has 1 aliphatic heterocycles. The lowest BCUT2D eigenvalue weighted by atomic mass is 9.98. The van der Waals surface area contributed by atoms with E-state index in [-0.39, 0.29) is 17.1 Å². The van der Waals surface area contributed by atoms with Crippen molar-refractivity contribution in [3.63, 3.8) is 0 Å². The number of fused-ring (bicyclic) bond motifs is 1. The van der Waals surface area contributed by atoms with Crippen molar-refractivity contribution in [3.8, 4) is 5.75 Å². The molecule has 1 N–H and O–H groups in total. The monoisotopic (exact) mass is 501 g/mol. The second-order valence-electron chi connectivity index (χ2n) is 10.8. The molecular formula is C28H35N7O2. The fourth-order valence-electron chi connectivity index (χ4n) is 5.27. The van der Waals surface area contributed by atoms with Crippen LogP contribution in [0.4, 0.5) is 5.69 Å². The van der Waals surface area contributed by atoms with Crippen LogP contribution in [-0.4, -0.2) is 63.4 Å². The third kappa shape index (κ3) is 4.83. The van der Waals surface area contributed by atoms with Crippen molar-refractivity contribution in [3.05, 3.63) is 75.3 Å². The fourth-order valence-corrected chi connectivity index (χ4v) is 5.27. The van der Waals surface area contributed by atoms with Crippen LogP contribution in [0.1, 0.15) is 49.3 Å². The number of piperazine rings is 1. The second kappa shape index (κ2) is 9.63. The average Bonchev–Trinajstić information content (AvgIpc) is 3.35. The maximum Gasteiger partial charge on any atom is 0.253 e. The summed E-state index contributed by atoms with van der Waals surface area (Å²) in [5.74, 6) is 1.53. The van der Waals surface area contributed by atoms with Crippen LogP contribution in [0.25, 0.3) is 10.9 Å². The maximum atomic E-state index is 13.6. The van der Waals surface area contributed by atoms with Crippen molar-refractivity contribution >= 4 is 16.6 Å². The highest BCUT2D eigenvalue weighted by Crippen LogP contribution is 2.32. The predicted molar refractivity (Wildman–Crippen MR) is 145 cm³/mol. The molecule has 2 aromatic carbocycles. The van der Waals surface area contributed by atoms with Crippen molar-refractivity contribution < 1.29 is 4.74 Å². The smallest absolute Gasteiger partial charge is 0.253 e. The van der Waals surface area contributed by atoms with Crippen molar-refractivity contribution in [2.75, 3.05) is 38.2 Å². The second-order valence-corrected chi connectivity index (χ2v) is 10.8. The Bertz CT molecular complexity index is 1460. The number of methoxy groups -OCH3 is 1. The van der Waals surface area contributed by atoms with Crippen molar-refractivity contribution in [1.82, 2.24) is 30.1 Å². The standard InChI is InChI=1S/C28H35N7O2/c1-18-15-19(2)22-17-23(27(36)29-24(22)16-18)25(26-30-31-32-35(26)28(3,4)5)34-13-11-33(12-14-34)20-7-9-21(37-6)10-8-20/h7-10,15-17,25H,11-14H2,1-6H3,(H,29,36). The third-order valence-electron chi connectivity index (χ3n) is 7.13. The van der Waals surface area contributed by atoms with Crippen LogP contribution in [0.2, 0.25) is 0 Å². The zero-order chi connectivity index (χ0) is 26.3. The lowest BCUT2D eigenvalue weighted by Gasteiger charge is -2.40. The first-order valence-electron chi connectivity index (χ1n) is 12.7. The van der Waals surface area contributed by atoms with Gasteiger partial charge in [-0.2, -0.15) is 0 Å². The molecule has 9 nitrogen and oxygen atoms in total. The molecule has 0 aliphatic carbocycles. The number of benzene rings is 2. The number of nitrogens with one attached hydrogen (secondary N) is 1. The first-order chi connectivity index (χ1) is 17.7. The van der Waals surface area contributed by atoms with Crippen molar-refractivity contribution in [2.45, 2.75) is 46.2 Å². The Labute approximate surface area is 217 Å². The summed E-state index contributed by atoms with van der Waals surface area (Å²) in [5.41, 5.74) is 4.48. The summed E-state index contributed by atoms with van der Waals surface area (Å²) in [5, 5.41) is 13.9. The van der Waals surface area contributed by atoms with E-state index in [1.54, 1.807) is 7.11 Å². The molecule has 37 heavy (non-hydrogen) atoms. The van der Waals surface area contributed by atoms with Gasteiger partial charge in [-0.3, -0.25) is 9.69 Å². The molecule has 194 valence electrons. The molecule has 1 fully saturated rings. The number of aromatic nitrogens is 5. The van der Waals surface area contributed by atoms with E-state index >= 15 is 0 Å². The number of aromatic amines is 1. The Morgan fingerprint density at radius 2 is 1.70 bits per heavy atom. The number of tetrazole rings is 1. The highest BCUT2D eigenvalue weighted by atomic mass is 16.5. The summed E-state index contributed by atoms with van der Waals surface area (Å²) in [6.07, 6.45) is 0. The SMILES string of the molecule is COc1ccc(N2CCN(C(c3cc4c(C)cc(C)cc4[nH]c3=O)c3nnnn3C(C)(C)C)CC2)cc1. The maximum absolute atomic E-state index is 13.6. The summed E-state index contributed by atoms with van der Waals surface area (Å²) in [6, 6.07) is 14.0. The molecule has 3 heterocycles. The molecule has 1 saturated heterocycles. The Kier molecular flexibility index (Phi) is 6.49. The van der Waals surface area contributed by atoms with Gasteiger partial charge in [0.05, 0.1) is 12.6 Å². The molecule has 0 radical (unpaired) electrons. The van der Waals surface area contributed by atoms with Gasteiger partial charge < -0.3 is 14.6 Å². The summed E-state index contributed by atoms with van der Waals surface area (Å²) in [4.78, 5) is 21.4. The molecule has 2 aromatic heterocycles. The number of H-pyrrole nitrogens is 1. The number of hydrogen-bond acceptors (Lipinski definition) is 7. The summed E-state index contributed by atoms with van der Waals surface area (Å²) in [6.45, 7) is 13.5. The van der Waals surface area contributed by atoms with Crippen molar-refractivity contribution in [1.29, 1.82) is 0 Å². The molecule has 0 bridgehead atoms. The summed E-state index contributed by atoms with van der Waals surface area (Å²) >= 11 is 0. The van der Waals surface area contributed by atoms with E-state index in [0.717, 1.165) is 59.6 Å². The van der Waals surface area contributed by atoms with Crippen LogP contribution in [-0.2, 0) is 5.54 Å². The zero-order valence-corrected chi connectivity index (χ0v) is 22.4. The summed E-state index contributed by atoms with van der Waals surface area (Å²) in [7, 11) is 1.68. The first kappa shape index (κ1) is 25.0. The van der Waals surface area contributed by atoms with E-state index in [1.165, 1.54) is 0 Å². The van der Waals surface area contributed by atoms with Gasteiger partial charge in [0.15, 0.2) is 5.82 Å². The topological polar surface area (TPSA) is 92.2 Å². The highest BCUT2D eigenvalue weighted by Gasteiger charge is 2.35. The van der Waals surface area contributed by atoms with Gasteiger partial charge in [-0.25, -0.2) is 4.68 Å². The van der Waals surface area contributed by atoms with E-state index in [2.05, 4.69) is 76.2 Å². The lowest BCUT2D eigenvalue weighted by molar-refractivity contribution is 0.190. The minimum atomic E-state index is -0.374. The van der Waals surface area contributed by atoms with Gasteiger partial charge in [-0.1, -0.05) is 6.07 Å². The molecule has 1 unspecified atom stereocenters. The molecule has 1 aliphatic rings. The number of anilines is 1. The quantitative estimate of drug-likeness (QED) is 0.445. The van der Waals surface area contributed by atoms with Crippen molar-refractivity contribution in [2.24, 2.45) is 0 Å². The molecule has 0 spiro atoms. The molecule has 0 saturated carbocycles. The van der Waals surface area contributed by atoms with Crippen LogP contribution in [0.5, 0.6) is 5.75 Å². The molecule has 1 atom stereocenters. The van der Waals surface area contributed by atoms with Crippen LogP contribution in [0, 0.1) is 13.8 Å². The number of ether oxygens (including phenoxy) is 1. The van der Waals surface area contributed by atoms with Gasteiger partial charge in [-0.15, -0.1) is 5.10 Å². The van der Waals surface area contributed by atoms with Gasteiger partial charge >= 0.3 is 0 Å². The molecule has 4 aromatic rings. The largest absolute Gasteiger partial charge is 0.497 e. The van der Waals surface area contributed by atoms with E-state index in [4.69, 9.17) is 4.74 Å². The molecular weight excluding hydrogens is 466 g/mol. The number of aryl methyl sites for hydroxylation is 2.